The lowest BCUT2D eigenvalue weighted by atomic mass is 10.2. The number of nitrogens with two attached hydrogens (primary N) is 1. The first kappa shape index (κ1) is 13.7. The average Bonchev–Trinajstić information content (AvgIpc) is 2.76. The molecule has 0 radical (unpaired) electrons. The molecule has 0 saturated carbocycles. The predicted octanol–water partition coefficient (Wildman–Crippen LogP) is 3.47. The number of rotatable bonds is 6. The fourth-order valence-corrected chi connectivity index (χ4v) is 3.39. The molecule has 0 atom stereocenters. The minimum absolute atomic E-state index is 0.694. The standard InChI is InChI=1S/C14H17BrN2S/c15-13-8-14(18-11-13)10-17(7-6-16)9-12-4-2-1-3-5-12/h1-5,8,11H,6-7,9-10,16H2. The summed E-state index contributed by atoms with van der Waals surface area (Å²) in [5.41, 5.74) is 7.03. The van der Waals surface area contributed by atoms with Gasteiger partial charge in [0.2, 0.25) is 0 Å². The molecule has 2 nitrogen and oxygen atoms in total. The Bertz CT molecular complexity index is 470. The van der Waals surface area contributed by atoms with E-state index in [-0.39, 0.29) is 0 Å². The molecule has 0 spiro atoms. The van der Waals surface area contributed by atoms with Crippen LogP contribution in [0.2, 0.25) is 0 Å². The van der Waals surface area contributed by atoms with Gasteiger partial charge in [-0.25, -0.2) is 0 Å². The van der Waals surface area contributed by atoms with Crippen LogP contribution in [0.4, 0.5) is 0 Å². The van der Waals surface area contributed by atoms with Crippen LogP contribution in [0.25, 0.3) is 0 Å². The van der Waals surface area contributed by atoms with E-state index in [1.807, 2.05) is 6.07 Å². The van der Waals surface area contributed by atoms with Gasteiger partial charge in [0.1, 0.15) is 0 Å². The monoisotopic (exact) mass is 324 g/mol. The lowest BCUT2D eigenvalue weighted by Crippen LogP contribution is -2.28. The first-order valence-corrected chi connectivity index (χ1v) is 7.64. The van der Waals surface area contributed by atoms with Crippen LogP contribution in [0.15, 0.2) is 46.3 Å². The molecule has 2 rings (SSSR count). The molecule has 0 aliphatic heterocycles. The normalized spacial score (nSPS) is 11.1. The van der Waals surface area contributed by atoms with Gasteiger partial charge in [-0.05, 0) is 27.6 Å². The molecule has 0 fully saturated rings. The molecule has 4 heteroatoms. The highest BCUT2D eigenvalue weighted by Crippen LogP contribution is 2.21. The Hall–Kier alpha value is -0.680. The lowest BCUT2D eigenvalue weighted by Gasteiger charge is -2.20. The molecule has 0 bridgehead atoms. The smallest absolute Gasteiger partial charge is 0.0332 e. The van der Waals surface area contributed by atoms with E-state index in [1.165, 1.54) is 10.4 Å². The maximum atomic E-state index is 5.69. The van der Waals surface area contributed by atoms with Gasteiger partial charge in [-0.3, -0.25) is 4.90 Å². The predicted molar refractivity (Wildman–Crippen MR) is 81.6 cm³/mol. The Morgan fingerprint density at radius 2 is 1.94 bits per heavy atom. The van der Waals surface area contributed by atoms with Crippen LogP contribution in [-0.4, -0.2) is 18.0 Å². The van der Waals surface area contributed by atoms with Gasteiger partial charge in [0, 0.05) is 40.9 Å². The number of halogens is 1. The van der Waals surface area contributed by atoms with Gasteiger partial charge in [0.15, 0.2) is 0 Å². The summed E-state index contributed by atoms with van der Waals surface area (Å²) in [7, 11) is 0. The molecule has 0 aliphatic carbocycles. The van der Waals surface area contributed by atoms with Crippen molar-refractivity contribution < 1.29 is 0 Å². The summed E-state index contributed by atoms with van der Waals surface area (Å²) >= 11 is 5.28. The van der Waals surface area contributed by atoms with Gasteiger partial charge in [-0.1, -0.05) is 30.3 Å². The second-order valence-corrected chi connectivity index (χ2v) is 6.13. The maximum absolute atomic E-state index is 5.69. The second-order valence-electron chi connectivity index (χ2n) is 4.22. The van der Waals surface area contributed by atoms with Gasteiger partial charge >= 0.3 is 0 Å². The Morgan fingerprint density at radius 3 is 2.56 bits per heavy atom. The van der Waals surface area contributed by atoms with E-state index in [0.29, 0.717) is 6.54 Å². The Labute approximate surface area is 121 Å². The van der Waals surface area contributed by atoms with Crippen LogP contribution >= 0.6 is 27.3 Å². The quantitative estimate of drug-likeness (QED) is 0.881. The highest BCUT2D eigenvalue weighted by molar-refractivity contribution is 9.10. The zero-order valence-electron chi connectivity index (χ0n) is 10.2. The van der Waals surface area contributed by atoms with E-state index < -0.39 is 0 Å². The minimum Gasteiger partial charge on any atom is -0.329 e. The lowest BCUT2D eigenvalue weighted by molar-refractivity contribution is 0.267. The van der Waals surface area contributed by atoms with Crippen molar-refractivity contribution in [3.05, 3.63) is 56.7 Å². The van der Waals surface area contributed by atoms with E-state index in [0.717, 1.165) is 24.1 Å². The summed E-state index contributed by atoms with van der Waals surface area (Å²) in [4.78, 5) is 3.75. The number of nitrogens with zero attached hydrogens (tertiary/aromatic N) is 1. The van der Waals surface area contributed by atoms with Crippen molar-refractivity contribution in [2.75, 3.05) is 13.1 Å². The Kier molecular flexibility index (Phi) is 5.38. The van der Waals surface area contributed by atoms with Crippen LogP contribution < -0.4 is 5.73 Å². The van der Waals surface area contributed by atoms with Gasteiger partial charge in [0.05, 0.1) is 0 Å². The third kappa shape index (κ3) is 4.21. The molecule has 96 valence electrons. The summed E-state index contributed by atoms with van der Waals surface area (Å²) < 4.78 is 1.16. The fraction of sp³-hybridized carbons (Fsp3) is 0.286. The zero-order chi connectivity index (χ0) is 12.8. The molecule has 2 N–H and O–H groups in total. The van der Waals surface area contributed by atoms with Crippen LogP contribution in [0.1, 0.15) is 10.4 Å². The SMILES string of the molecule is NCCN(Cc1ccccc1)Cc1cc(Br)cs1. The van der Waals surface area contributed by atoms with Crippen molar-refractivity contribution in [2.24, 2.45) is 5.73 Å². The minimum atomic E-state index is 0.694. The second kappa shape index (κ2) is 7.04. The summed E-state index contributed by atoms with van der Waals surface area (Å²) in [6, 6.07) is 12.7. The summed E-state index contributed by atoms with van der Waals surface area (Å²) in [5, 5.41) is 2.12. The third-order valence-electron chi connectivity index (χ3n) is 2.70. The van der Waals surface area contributed by atoms with E-state index in [9.17, 15) is 0 Å². The molecular formula is C14H17BrN2S. The van der Waals surface area contributed by atoms with Crippen LogP contribution in [0, 0.1) is 0 Å². The molecule has 0 amide bonds. The Morgan fingerprint density at radius 1 is 1.17 bits per heavy atom. The molecule has 0 saturated heterocycles. The van der Waals surface area contributed by atoms with Crippen molar-refractivity contribution in [3.63, 3.8) is 0 Å². The largest absolute Gasteiger partial charge is 0.329 e. The molecule has 1 heterocycles. The van der Waals surface area contributed by atoms with Crippen molar-refractivity contribution in [2.45, 2.75) is 13.1 Å². The highest BCUT2D eigenvalue weighted by atomic mass is 79.9. The fourth-order valence-electron chi connectivity index (χ4n) is 1.90. The molecule has 0 unspecified atom stereocenters. The first-order chi connectivity index (χ1) is 8.78. The van der Waals surface area contributed by atoms with E-state index in [4.69, 9.17) is 5.73 Å². The van der Waals surface area contributed by atoms with E-state index in [1.54, 1.807) is 11.3 Å². The van der Waals surface area contributed by atoms with Crippen LogP contribution in [0.3, 0.4) is 0 Å². The number of benzene rings is 1. The molecular weight excluding hydrogens is 308 g/mol. The van der Waals surface area contributed by atoms with Crippen LogP contribution in [-0.2, 0) is 13.1 Å². The topological polar surface area (TPSA) is 29.3 Å². The first-order valence-electron chi connectivity index (χ1n) is 5.97. The van der Waals surface area contributed by atoms with Crippen molar-refractivity contribution in [1.29, 1.82) is 0 Å². The van der Waals surface area contributed by atoms with E-state index in [2.05, 4.69) is 56.5 Å². The Balaban J connectivity index is 1.99. The summed E-state index contributed by atoms with van der Waals surface area (Å²) in [6.45, 7) is 3.53. The molecule has 1 aromatic heterocycles. The van der Waals surface area contributed by atoms with E-state index >= 15 is 0 Å². The summed E-state index contributed by atoms with van der Waals surface area (Å²) in [6.07, 6.45) is 0. The van der Waals surface area contributed by atoms with Gasteiger partial charge in [-0.15, -0.1) is 11.3 Å². The number of hydrogen-bond donors (Lipinski definition) is 1. The average molecular weight is 325 g/mol. The van der Waals surface area contributed by atoms with Gasteiger partial charge < -0.3 is 5.73 Å². The van der Waals surface area contributed by atoms with Gasteiger partial charge in [0.25, 0.3) is 0 Å². The highest BCUT2D eigenvalue weighted by Gasteiger charge is 2.07. The van der Waals surface area contributed by atoms with Crippen molar-refractivity contribution in [3.8, 4) is 0 Å². The molecule has 18 heavy (non-hydrogen) atoms. The van der Waals surface area contributed by atoms with Crippen molar-refractivity contribution in [1.82, 2.24) is 4.90 Å². The number of hydrogen-bond acceptors (Lipinski definition) is 3. The molecule has 1 aromatic carbocycles. The summed E-state index contributed by atoms with van der Waals surface area (Å²) in [5.74, 6) is 0. The van der Waals surface area contributed by atoms with Crippen molar-refractivity contribution >= 4 is 27.3 Å². The maximum Gasteiger partial charge on any atom is 0.0332 e. The number of thiophene rings is 1. The molecule has 0 aliphatic rings. The van der Waals surface area contributed by atoms with Gasteiger partial charge in [-0.2, -0.15) is 0 Å². The van der Waals surface area contributed by atoms with Crippen LogP contribution in [0.5, 0.6) is 0 Å². The third-order valence-corrected chi connectivity index (χ3v) is 4.38. The molecule has 2 aromatic rings. The zero-order valence-corrected chi connectivity index (χ0v) is 12.6.